The van der Waals surface area contributed by atoms with Gasteiger partial charge in [-0.1, -0.05) is 44.2 Å². The number of alkyl halides is 2. The SMILES string of the molecule is Cc1ccc(C(=O)N2C[C@@H](c3ccccc3)C(C)(C)C2)n1C(F)F. The molecule has 0 aliphatic carbocycles. The Morgan fingerprint density at radius 3 is 2.46 bits per heavy atom. The Morgan fingerprint density at radius 2 is 1.83 bits per heavy atom. The van der Waals surface area contributed by atoms with Crippen molar-refractivity contribution < 1.29 is 13.6 Å². The van der Waals surface area contributed by atoms with Gasteiger partial charge in [0, 0.05) is 24.7 Å². The van der Waals surface area contributed by atoms with E-state index in [9.17, 15) is 13.6 Å². The Hall–Kier alpha value is -2.17. The minimum absolute atomic E-state index is 0.0620. The Bertz CT molecular complexity index is 737. The number of benzene rings is 1. The molecule has 0 saturated carbocycles. The number of halogens is 2. The number of aromatic nitrogens is 1. The van der Waals surface area contributed by atoms with Crippen LogP contribution in [-0.4, -0.2) is 28.5 Å². The summed E-state index contributed by atoms with van der Waals surface area (Å²) in [7, 11) is 0. The van der Waals surface area contributed by atoms with Crippen LogP contribution in [0.1, 0.15) is 48.1 Å². The van der Waals surface area contributed by atoms with Gasteiger partial charge in [-0.15, -0.1) is 0 Å². The first kappa shape index (κ1) is 16.7. The zero-order chi connectivity index (χ0) is 17.5. The van der Waals surface area contributed by atoms with E-state index in [0.717, 1.165) is 4.57 Å². The van der Waals surface area contributed by atoms with Crippen molar-refractivity contribution >= 4 is 5.91 Å². The van der Waals surface area contributed by atoms with Gasteiger partial charge in [0.25, 0.3) is 5.91 Å². The van der Waals surface area contributed by atoms with E-state index in [4.69, 9.17) is 0 Å². The smallest absolute Gasteiger partial charge is 0.319 e. The lowest BCUT2D eigenvalue weighted by Crippen LogP contribution is -2.32. The summed E-state index contributed by atoms with van der Waals surface area (Å²) in [4.78, 5) is 14.5. The van der Waals surface area contributed by atoms with Gasteiger partial charge in [-0.3, -0.25) is 9.36 Å². The van der Waals surface area contributed by atoms with Gasteiger partial charge < -0.3 is 4.90 Å². The zero-order valence-electron chi connectivity index (χ0n) is 14.2. The molecule has 24 heavy (non-hydrogen) atoms. The van der Waals surface area contributed by atoms with Crippen LogP contribution in [0.25, 0.3) is 0 Å². The van der Waals surface area contributed by atoms with Gasteiger partial charge in [0.1, 0.15) is 5.69 Å². The van der Waals surface area contributed by atoms with Crippen LogP contribution in [0.5, 0.6) is 0 Å². The summed E-state index contributed by atoms with van der Waals surface area (Å²) in [6.45, 7) is 4.22. The minimum Gasteiger partial charge on any atom is -0.336 e. The van der Waals surface area contributed by atoms with E-state index < -0.39 is 6.55 Å². The van der Waals surface area contributed by atoms with Crippen molar-refractivity contribution in [2.75, 3.05) is 13.1 Å². The van der Waals surface area contributed by atoms with Crippen LogP contribution in [-0.2, 0) is 0 Å². The second kappa shape index (κ2) is 6.04. The van der Waals surface area contributed by atoms with Crippen molar-refractivity contribution in [3.8, 4) is 0 Å². The molecule has 0 bridgehead atoms. The molecule has 0 N–H and O–H groups in total. The fourth-order valence-electron chi connectivity index (χ4n) is 3.68. The topological polar surface area (TPSA) is 25.2 Å². The summed E-state index contributed by atoms with van der Waals surface area (Å²) < 4.78 is 27.3. The molecule has 2 aromatic rings. The molecule has 1 aromatic heterocycles. The number of hydrogen-bond donors (Lipinski definition) is 0. The Morgan fingerprint density at radius 1 is 1.17 bits per heavy atom. The number of amides is 1. The van der Waals surface area contributed by atoms with Gasteiger partial charge in [-0.05, 0) is 30.0 Å². The highest BCUT2D eigenvalue weighted by Gasteiger charge is 2.42. The Balaban J connectivity index is 1.88. The van der Waals surface area contributed by atoms with Crippen LogP contribution < -0.4 is 0 Å². The number of hydrogen-bond acceptors (Lipinski definition) is 1. The van der Waals surface area contributed by atoms with E-state index in [1.165, 1.54) is 11.6 Å². The fraction of sp³-hybridized carbons (Fsp3) is 0.421. The quantitative estimate of drug-likeness (QED) is 0.815. The van der Waals surface area contributed by atoms with Crippen molar-refractivity contribution in [3.63, 3.8) is 0 Å². The average Bonchev–Trinajstić information content (AvgIpc) is 3.07. The van der Waals surface area contributed by atoms with Gasteiger partial charge in [0.05, 0.1) is 0 Å². The van der Waals surface area contributed by atoms with Crippen LogP contribution in [0.15, 0.2) is 42.5 Å². The molecule has 3 rings (SSSR count). The van der Waals surface area contributed by atoms with Gasteiger partial charge in [0.15, 0.2) is 0 Å². The molecule has 3 nitrogen and oxygen atoms in total. The lowest BCUT2D eigenvalue weighted by molar-refractivity contribution is 0.0561. The van der Waals surface area contributed by atoms with Crippen LogP contribution in [0, 0.1) is 12.3 Å². The molecule has 0 radical (unpaired) electrons. The van der Waals surface area contributed by atoms with Crippen molar-refractivity contribution in [1.29, 1.82) is 0 Å². The predicted octanol–water partition coefficient (Wildman–Crippen LogP) is 4.46. The summed E-state index contributed by atoms with van der Waals surface area (Å²) in [6, 6.07) is 13.1. The van der Waals surface area contributed by atoms with E-state index in [1.54, 1.807) is 17.9 Å². The lowest BCUT2D eigenvalue weighted by atomic mass is 9.78. The van der Waals surface area contributed by atoms with Gasteiger partial charge in [-0.25, -0.2) is 0 Å². The molecule has 1 fully saturated rings. The Labute approximate surface area is 140 Å². The maximum Gasteiger partial charge on any atom is 0.319 e. The normalized spacial score (nSPS) is 19.9. The standard InChI is InChI=1S/C19H22F2N2O/c1-13-9-10-16(23(13)18(20)21)17(24)22-11-15(19(2,3)12-22)14-7-5-4-6-8-14/h4-10,15,18H,11-12H2,1-3H3/t15-/m0/s1. The molecule has 1 aromatic carbocycles. The molecule has 1 atom stereocenters. The Kier molecular flexibility index (Phi) is 4.20. The van der Waals surface area contributed by atoms with Crippen molar-refractivity contribution in [3.05, 3.63) is 59.4 Å². The lowest BCUT2D eigenvalue weighted by Gasteiger charge is -2.25. The summed E-state index contributed by atoms with van der Waals surface area (Å²) in [6.07, 6.45) is 0. The van der Waals surface area contributed by atoms with E-state index in [-0.39, 0.29) is 22.9 Å². The van der Waals surface area contributed by atoms with Crippen LogP contribution >= 0.6 is 0 Å². The third kappa shape index (κ3) is 2.83. The second-order valence-electron chi connectivity index (χ2n) is 7.15. The third-order valence-electron chi connectivity index (χ3n) is 4.97. The largest absolute Gasteiger partial charge is 0.336 e. The number of carbonyl (C=O) groups is 1. The van der Waals surface area contributed by atoms with Crippen molar-refractivity contribution in [2.45, 2.75) is 33.2 Å². The second-order valence-corrected chi connectivity index (χ2v) is 7.15. The number of likely N-dealkylation sites (tertiary alicyclic amines) is 1. The first-order chi connectivity index (χ1) is 11.3. The molecule has 1 aliphatic rings. The first-order valence-electron chi connectivity index (χ1n) is 8.11. The summed E-state index contributed by atoms with van der Waals surface area (Å²) in [5, 5.41) is 0. The molecular formula is C19H22F2N2O. The van der Waals surface area contributed by atoms with Crippen LogP contribution in [0.3, 0.4) is 0 Å². The zero-order valence-corrected chi connectivity index (χ0v) is 14.2. The summed E-state index contributed by atoms with van der Waals surface area (Å²) in [5.41, 5.74) is 1.53. The number of rotatable bonds is 3. The number of carbonyl (C=O) groups excluding carboxylic acids is 1. The maximum absolute atomic E-state index is 13.3. The molecule has 1 amide bonds. The van der Waals surface area contributed by atoms with Crippen molar-refractivity contribution in [2.24, 2.45) is 5.41 Å². The molecule has 1 saturated heterocycles. The first-order valence-corrected chi connectivity index (χ1v) is 8.11. The molecule has 128 valence electrons. The monoisotopic (exact) mass is 332 g/mol. The summed E-state index contributed by atoms with van der Waals surface area (Å²) >= 11 is 0. The molecular weight excluding hydrogens is 310 g/mol. The van der Waals surface area contributed by atoms with Crippen molar-refractivity contribution in [1.82, 2.24) is 9.47 Å². The van der Waals surface area contributed by atoms with Crippen LogP contribution in [0.4, 0.5) is 8.78 Å². The highest BCUT2D eigenvalue weighted by atomic mass is 19.3. The molecule has 0 spiro atoms. The molecule has 5 heteroatoms. The van der Waals surface area contributed by atoms with E-state index in [0.29, 0.717) is 18.8 Å². The number of aryl methyl sites for hydroxylation is 1. The van der Waals surface area contributed by atoms with E-state index >= 15 is 0 Å². The van der Waals surface area contributed by atoms with Gasteiger partial charge >= 0.3 is 6.55 Å². The minimum atomic E-state index is -2.71. The van der Waals surface area contributed by atoms with Gasteiger partial charge in [0.2, 0.25) is 0 Å². The molecule has 0 unspecified atom stereocenters. The predicted molar refractivity (Wildman–Crippen MR) is 89.3 cm³/mol. The fourth-order valence-corrected chi connectivity index (χ4v) is 3.68. The van der Waals surface area contributed by atoms with E-state index in [2.05, 4.69) is 26.0 Å². The molecule has 1 aliphatic heterocycles. The number of nitrogens with zero attached hydrogens (tertiary/aromatic N) is 2. The van der Waals surface area contributed by atoms with E-state index in [1.807, 2.05) is 18.2 Å². The van der Waals surface area contributed by atoms with Crippen LogP contribution in [0.2, 0.25) is 0 Å². The highest BCUT2D eigenvalue weighted by molar-refractivity contribution is 5.93. The average molecular weight is 332 g/mol. The maximum atomic E-state index is 13.3. The summed E-state index contributed by atoms with van der Waals surface area (Å²) in [5.74, 6) is -0.131. The van der Waals surface area contributed by atoms with Gasteiger partial charge in [-0.2, -0.15) is 8.78 Å². The molecule has 2 heterocycles. The highest BCUT2D eigenvalue weighted by Crippen LogP contribution is 2.42. The third-order valence-corrected chi connectivity index (χ3v) is 4.97.